The average molecular weight is 310 g/mol. The van der Waals surface area contributed by atoms with Gasteiger partial charge < -0.3 is 14.8 Å². The van der Waals surface area contributed by atoms with Crippen LogP contribution in [0.4, 0.5) is 4.79 Å². The van der Waals surface area contributed by atoms with Crippen LogP contribution in [0.5, 0.6) is 5.75 Å². The zero-order valence-corrected chi connectivity index (χ0v) is 12.9. The van der Waals surface area contributed by atoms with E-state index in [9.17, 15) is 4.79 Å². The first-order valence-corrected chi connectivity index (χ1v) is 7.47. The number of carbonyl (C=O) groups excluding carboxylic acids is 1. The third-order valence-electron chi connectivity index (χ3n) is 3.74. The van der Waals surface area contributed by atoms with Gasteiger partial charge in [0, 0.05) is 30.9 Å². The van der Waals surface area contributed by atoms with Crippen LogP contribution < -0.4 is 10.1 Å². The van der Waals surface area contributed by atoms with Crippen molar-refractivity contribution in [1.29, 1.82) is 0 Å². The van der Waals surface area contributed by atoms with Gasteiger partial charge in [0.15, 0.2) is 0 Å². The maximum Gasteiger partial charge on any atom is 0.412 e. The Hall–Kier alpha value is -2.82. The molecule has 1 aliphatic carbocycles. The number of para-hydroxylation sites is 1. The Kier molecular flexibility index (Phi) is 4.57. The molecule has 0 saturated carbocycles. The van der Waals surface area contributed by atoms with Crippen molar-refractivity contribution in [1.82, 2.24) is 10.3 Å². The molecule has 0 atom stereocenters. The number of amides is 1. The van der Waals surface area contributed by atoms with E-state index in [2.05, 4.69) is 10.3 Å². The van der Waals surface area contributed by atoms with E-state index >= 15 is 0 Å². The second-order valence-corrected chi connectivity index (χ2v) is 5.24. The summed E-state index contributed by atoms with van der Waals surface area (Å²) in [6.07, 6.45) is 6.54. The number of rotatable bonds is 4. The van der Waals surface area contributed by atoms with E-state index in [-0.39, 0.29) is 0 Å². The summed E-state index contributed by atoms with van der Waals surface area (Å²) in [5.41, 5.74) is 3.13. The smallest absolute Gasteiger partial charge is 0.412 e. The first kappa shape index (κ1) is 15.1. The predicted octanol–water partition coefficient (Wildman–Crippen LogP) is 3.30. The molecule has 0 fully saturated rings. The third-order valence-corrected chi connectivity index (χ3v) is 3.74. The number of alkyl carbamates (subject to hydrolysis) is 1. The molecule has 0 spiro atoms. The lowest BCUT2D eigenvalue weighted by Crippen LogP contribution is -2.24. The summed E-state index contributed by atoms with van der Waals surface area (Å²) in [7, 11) is 1.61. The van der Waals surface area contributed by atoms with Gasteiger partial charge in [0.05, 0.1) is 7.11 Å². The topological polar surface area (TPSA) is 60.5 Å². The molecular weight excluding hydrogens is 292 g/mol. The summed E-state index contributed by atoms with van der Waals surface area (Å²) in [5, 5.41) is 2.75. The van der Waals surface area contributed by atoms with E-state index in [4.69, 9.17) is 9.47 Å². The number of ether oxygens (including phenoxy) is 2. The fourth-order valence-electron chi connectivity index (χ4n) is 2.54. The van der Waals surface area contributed by atoms with Crippen molar-refractivity contribution in [3.63, 3.8) is 0 Å². The van der Waals surface area contributed by atoms with Crippen molar-refractivity contribution in [2.45, 2.75) is 19.4 Å². The largest absolute Gasteiger partial charge is 0.496 e. The van der Waals surface area contributed by atoms with Gasteiger partial charge in [0.25, 0.3) is 0 Å². The molecule has 3 rings (SSSR count). The van der Waals surface area contributed by atoms with Crippen LogP contribution in [0.2, 0.25) is 0 Å². The molecule has 1 heterocycles. The molecule has 1 aliphatic rings. The first-order chi connectivity index (χ1) is 11.3. The summed E-state index contributed by atoms with van der Waals surface area (Å²) in [6.45, 7) is 0.358. The maximum atomic E-state index is 12.0. The normalized spacial score (nSPS) is 12.8. The lowest BCUT2D eigenvalue weighted by atomic mass is 9.99. The highest BCUT2D eigenvalue weighted by molar-refractivity contribution is 5.70. The average Bonchev–Trinajstić information content (AvgIpc) is 2.60. The fraction of sp³-hybridized carbons (Fsp3) is 0.222. The van der Waals surface area contributed by atoms with Gasteiger partial charge in [0.1, 0.15) is 11.5 Å². The quantitative estimate of drug-likeness (QED) is 0.941. The number of methoxy groups -OCH3 is 1. The van der Waals surface area contributed by atoms with Crippen LogP contribution in [-0.4, -0.2) is 18.2 Å². The molecule has 1 aromatic carbocycles. The predicted molar refractivity (Wildman–Crippen MR) is 86.8 cm³/mol. The molecule has 0 unspecified atom stereocenters. The molecular formula is C18H18N2O3. The van der Waals surface area contributed by atoms with Crippen LogP contribution >= 0.6 is 0 Å². The lowest BCUT2D eigenvalue weighted by Gasteiger charge is -2.16. The molecule has 5 nitrogen and oxygen atoms in total. The molecule has 23 heavy (non-hydrogen) atoms. The summed E-state index contributed by atoms with van der Waals surface area (Å²) in [4.78, 5) is 16.1. The van der Waals surface area contributed by atoms with E-state index in [0.717, 1.165) is 23.3 Å². The van der Waals surface area contributed by atoms with Crippen LogP contribution in [-0.2, 0) is 17.7 Å². The summed E-state index contributed by atoms with van der Waals surface area (Å²) in [5.74, 6) is 1.41. The van der Waals surface area contributed by atoms with Crippen LogP contribution in [0.3, 0.4) is 0 Å². The second kappa shape index (κ2) is 6.96. The number of pyridine rings is 1. The molecule has 0 aliphatic heterocycles. The molecule has 1 aromatic heterocycles. The fourth-order valence-corrected chi connectivity index (χ4v) is 2.54. The minimum Gasteiger partial charge on any atom is -0.496 e. The van der Waals surface area contributed by atoms with Crippen molar-refractivity contribution in [2.24, 2.45) is 0 Å². The van der Waals surface area contributed by atoms with Crippen molar-refractivity contribution in [2.75, 3.05) is 7.11 Å². The van der Waals surface area contributed by atoms with Gasteiger partial charge in [-0.3, -0.25) is 4.98 Å². The Bertz CT molecular complexity index is 741. The number of hydrogen-bond acceptors (Lipinski definition) is 4. The summed E-state index contributed by atoms with van der Waals surface area (Å²) >= 11 is 0. The number of hydrogen-bond donors (Lipinski definition) is 1. The highest BCUT2D eigenvalue weighted by atomic mass is 16.6. The van der Waals surface area contributed by atoms with Gasteiger partial charge in [-0.15, -0.1) is 0 Å². The SMILES string of the molecule is COc1ccccc1CNC(=O)OC1=Cc2ccncc2CC1. The van der Waals surface area contributed by atoms with Crippen LogP contribution in [0.25, 0.3) is 6.08 Å². The number of benzene rings is 1. The van der Waals surface area contributed by atoms with Crippen LogP contribution in [0, 0.1) is 0 Å². The van der Waals surface area contributed by atoms with Gasteiger partial charge in [-0.25, -0.2) is 4.79 Å². The Labute approximate surface area is 135 Å². The molecule has 118 valence electrons. The van der Waals surface area contributed by atoms with Gasteiger partial charge >= 0.3 is 6.09 Å². The number of nitrogens with zero attached hydrogens (tertiary/aromatic N) is 1. The maximum absolute atomic E-state index is 12.0. The van der Waals surface area contributed by atoms with Gasteiger partial charge in [-0.1, -0.05) is 18.2 Å². The van der Waals surface area contributed by atoms with Crippen molar-refractivity contribution in [3.8, 4) is 5.75 Å². The molecule has 0 saturated heterocycles. The van der Waals surface area contributed by atoms with Crippen LogP contribution in [0.1, 0.15) is 23.1 Å². The van der Waals surface area contributed by atoms with E-state index < -0.39 is 6.09 Å². The standard InChI is InChI=1S/C18H18N2O3/c1-22-17-5-3-2-4-15(17)12-20-18(21)23-16-7-6-14-11-19-9-8-13(14)10-16/h2-5,8-11H,6-7,12H2,1H3,(H,20,21). The summed E-state index contributed by atoms with van der Waals surface area (Å²) < 4.78 is 10.7. The molecule has 5 heteroatoms. The van der Waals surface area contributed by atoms with Gasteiger partial charge in [0.2, 0.25) is 0 Å². The second-order valence-electron chi connectivity index (χ2n) is 5.24. The van der Waals surface area contributed by atoms with Crippen molar-refractivity contribution in [3.05, 3.63) is 65.2 Å². The Balaban J connectivity index is 1.59. The van der Waals surface area contributed by atoms with Gasteiger partial charge in [-0.05, 0) is 35.8 Å². The Morgan fingerprint density at radius 2 is 2.13 bits per heavy atom. The molecule has 1 amide bonds. The number of carbonyl (C=O) groups is 1. The number of fused-ring (bicyclic) bond motifs is 1. The third kappa shape index (κ3) is 3.69. The molecule has 1 N–H and O–H groups in total. The molecule has 2 aromatic rings. The zero-order valence-electron chi connectivity index (χ0n) is 12.9. The monoisotopic (exact) mass is 310 g/mol. The van der Waals surface area contributed by atoms with E-state index in [1.54, 1.807) is 13.3 Å². The number of aryl methyl sites for hydroxylation is 1. The van der Waals surface area contributed by atoms with Gasteiger partial charge in [-0.2, -0.15) is 0 Å². The van der Waals surface area contributed by atoms with Crippen molar-refractivity contribution < 1.29 is 14.3 Å². The Morgan fingerprint density at radius 1 is 1.26 bits per heavy atom. The van der Waals surface area contributed by atoms with Crippen molar-refractivity contribution >= 4 is 12.2 Å². The highest BCUT2D eigenvalue weighted by Gasteiger charge is 2.14. The van der Waals surface area contributed by atoms with E-state index in [1.165, 1.54) is 5.56 Å². The van der Waals surface area contributed by atoms with Crippen LogP contribution in [0.15, 0.2) is 48.5 Å². The highest BCUT2D eigenvalue weighted by Crippen LogP contribution is 2.23. The molecule has 0 bridgehead atoms. The minimum atomic E-state index is -0.459. The Morgan fingerprint density at radius 3 is 3.00 bits per heavy atom. The number of nitrogens with one attached hydrogen (secondary N) is 1. The minimum absolute atomic E-state index is 0.358. The van der Waals surface area contributed by atoms with E-state index in [1.807, 2.05) is 42.6 Å². The van der Waals surface area contributed by atoms with E-state index in [0.29, 0.717) is 18.7 Å². The molecule has 0 radical (unpaired) electrons. The lowest BCUT2D eigenvalue weighted by molar-refractivity contribution is 0.173. The number of aromatic nitrogens is 1. The number of allylic oxidation sites excluding steroid dienone is 1. The first-order valence-electron chi connectivity index (χ1n) is 7.47. The summed E-state index contributed by atoms with van der Waals surface area (Å²) in [6, 6.07) is 9.48. The zero-order chi connectivity index (χ0) is 16.1.